The van der Waals surface area contributed by atoms with Crippen molar-refractivity contribution < 1.29 is 14.0 Å². The van der Waals surface area contributed by atoms with Crippen molar-refractivity contribution in [3.8, 4) is 0 Å². The Morgan fingerprint density at radius 2 is 1.94 bits per heavy atom. The molecule has 0 unspecified atom stereocenters. The molecule has 0 aliphatic carbocycles. The Kier molecular flexibility index (Phi) is 7.43. The van der Waals surface area contributed by atoms with Gasteiger partial charge in [0.25, 0.3) is 0 Å². The highest BCUT2D eigenvalue weighted by molar-refractivity contribution is 5.92. The molecule has 2 amide bonds. The highest BCUT2D eigenvalue weighted by Crippen LogP contribution is 2.25. The van der Waals surface area contributed by atoms with E-state index < -0.39 is 5.82 Å². The Morgan fingerprint density at radius 1 is 1.16 bits per heavy atom. The van der Waals surface area contributed by atoms with Crippen LogP contribution in [-0.4, -0.2) is 63.6 Å². The second-order valence-electron chi connectivity index (χ2n) is 8.46. The van der Waals surface area contributed by atoms with Crippen molar-refractivity contribution in [3.63, 3.8) is 0 Å². The number of nitrogens with zero attached hydrogens (tertiary/aromatic N) is 5. The third-order valence-electron chi connectivity index (χ3n) is 5.71. The number of carbonyl (C=O) groups is 2. The highest BCUT2D eigenvalue weighted by Gasteiger charge is 2.23. The maximum atomic E-state index is 14.1. The first kappa shape index (κ1) is 22.9. The van der Waals surface area contributed by atoms with Gasteiger partial charge in [-0.2, -0.15) is 5.10 Å². The first-order valence-electron chi connectivity index (χ1n) is 10.8. The second kappa shape index (κ2) is 10.0. The second-order valence-corrected chi connectivity index (χ2v) is 8.46. The lowest BCUT2D eigenvalue weighted by Crippen LogP contribution is -2.42. The molecule has 1 aliphatic heterocycles. The van der Waals surface area contributed by atoms with Gasteiger partial charge in [0, 0.05) is 51.9 Å². The maximum absolute atomic E-state index is 14.1. The largest absolute Gasteiger partial charge is 0.335 e. The van der Waals surface area contributed by atoms with Gasteiger partial charge in [0.15, 0.2) is 0 Å². The summed E-state index contributed by atoms with van der Waals surface area (Å²) in [5, 5.41) is 4.23. The molecule has 0 fully saturated rings. The molecular formula is C23H32FN5O2. The number of anilines is 1. The van der Waals surface area contributed by atoms with Gasteiger partial charge in [0.05, 0.1) is 11.9 Å². The Hall–Kier alpha value is -2.74. The minimum atomic E-state index is -0.395. The first-order chi connectivity index (χ1) is 14.7. The van der Waals surface area contributed by atoms with Crippen LogP contribution in [0.2, 0.25) is 0 Å². The van der Waals surface area contributed by atoms with Crippen LogP contribution in [0.25, 0.3) is 0 Å². The number of hydrogen-bond acceptors (Lipinski definition) is 4. The average molecular weight is 430 g/mol. The van der Waals surface area contributed by atoms with Crippen LogP contribution >= 0.6 is 0 Å². The molecule has 2 aromatic rings. The van der Waals surface area contributed by atoms with Gasteiger partial charge in [-0.05, 0) is 50.5 Å². The number of benzene rings is 1. The van der Waals surface area contributed by atoms with E-state index in [0.29, 0.717) is 31.4 Å². The number of halogens is 1. The number of fused-ring (bicyclic) bond motifs is 1. The van der Waals surface area contributed by atoms with E-state index in [4.69, 9.17) is 0 Å². The summed E-state index contributed by atoms with van der Waals surface area (Å²) in [6.45, 7) is 10.7. The van der Waals surface area contributed by atoms with Crippen LogP contribution in [-0.2, 0) is 22.7 Å². The number of carbonyl (C=O) groups excluding carboxylic acids is 2. The molecule has 2 heterocycles. The van der Waals surface area contributed by atoms with Crippen molar-refractivity contribution in [1.82, 2.24) is 19.6 Å². The van der Waals surface area contributed by atoms with Gasteiger partial charge >= 0.3 is 0 Å². The summed E-state index contributed by atoms with van der Waals surface area (Å²) in [5.74, 6) is -0.587. The standard InChI is InChI=1S/C23H32FN5O2/c1-17(2)26-8-5-9-29(19(4)30)22-12-21(24)7-6-20(22)15-27(11-10-26)23(31)16-28-14-18(3)13-25-28/h6-7,12-14,17H,5,8-11,15-16H2,1-4H3. The van der Waals surface area contributed by atoms with Crippen LogP contribution < -0.4 is 4.90 Å². The number of aryl methyl sites for hydroxylation is 1. The van der Waals surface area contributed by atoms with Gasteiger partial charge < -0.3 is 9.80 Å². The van der Waals surface area contributed by atoms with Crippen molar-refractivity contribution in [2.75, 3.05) is 31.1 Å². The molecule has 1 aliphatic rings. The average Bonchev–Trinajstić information content (AvgIpc) is 3.09. The number of hydrogen-bond donors (Lipinski definition) is 0. The van der Waals surface area contributed by atoms with E-state index >= 15 is 0 Å². The summed E-state index contributed by atoms with van der Waals surface area (Å²) in [4.78, 5) is 31.3. The fourth-order valence-electron chi connectivity index (χ4n) is 3.97. The van der Waals surface area contributed by atoms with Crippen LogP contribution in [0.3, 0.4) is 0 Å². The predicted octanol–water partition coefficient (Wildman–Crippen LogP) is 2.83. The zero-order valence-corrected chi connectivity index (χ0v) is 18.8. The van der Waals surface area contributed by atoms with Crippen molar-refractivity contribution >= 4 is 17.5 Å². The van der Waals surface area contributed by atoms with Crippen molar-refractivity contribution in [2.24, 2.45) is 0 Å². The van der Waals surface area contributed by atoms with Crippen LogP contribution in [0, 0.1) is 12.7 Å². The van der Waals surface area contributed by atoms with Gasteiger partial charge in [-0.1, -0.05) is 6.07 Å². The fraction of sp³-hybridized carbons (Fsp3) is 0.522. The topological polar surface area (TPSA) is 61.7 Å². The van der Waals surface area contributed by atoms with E-state index in [1.54, 1.807) is 26.7 Å². The lowest BCUT2D eigenvalue weighted by molar-refractivity contribution is -0.133. The maximum Gasteiger partial charge on any atom is 0.244 e. The molecule has 1 aromatic heterocycles. The molecule has 168 valence electrons. The summed E-state index contributed by atoms with van der Waals surface area (Å²) in [6.07, 6.45) is 4.34. The van der Waals surface area contributed by atoms with Gasteiger partial charge in [0.1, 0.15) is 12.4 Å². The minimum Gasteiger partial charge on any atom is -0.335 e. The first-order valence-corrected chi connectivity index (χ1v) is 10.8. The summed E-state index contributed by atoms with van der Waals surface area (Å²) < 4.78 is 15.7. The molecule has 0 spiro atoms. The SMILES string of the molecule is CC(=O)N1CCCN(C(C)C)CCN(C(=O)Cn2cc(C)cn2)Cc2ccc(F)cc21. The van der Waals surface area contributed by atoms with E-state index in [0.717, 1.165) is 30.6 Å². The quantitative estimate of drug-likeness (QED) is 0.753. The van der Waals surface area contributed by atoms with E-state index in [1.165, 1.54) is 19.1 Å². The Morgan fingerprint density at radius 3 is 2.58 bits per heavy atom. The van der Waals surface area contributed by atoms with Crippen LogP contribution in [0.4, 0.5) is 10.1 Å². The van der Waals surface area contributed by atoms with Gasteiger partial charge in [-0.3, -0.25) is 19.2 Å². The molecule has 8 heteroatoms. The van der Waals surface area contributed by atoms with E-state index in [-0.39, 0.29) is 18.4 Å². The molecule has 0 N–H and O–H groups in total. The molecule has 7 nitrogen and oxygen atoms in total. The summed E-state index contributed by atoms with van der Waals surface area (Å²) in [7, 11) is 0. The minimum absolute atomic E-state index is 0.0595. The molecule has 31 heavy (non-hydrogen) atoms. The van der Waals surface area contributed by atoms with Gasteiger partial charge in [0.2, 0.25) is 11.8 Å². The van der Waals surface area contributed by atoms with Crippen molar-refractivity contribution in [1.29, 1.82) is 0 Å². The molecular weight excluding hydrogens is 397 g/mol. The molecule has 0 bridgehead atoms. The molecule has 3 rings (SSSR count). The normalized spacial score (nSPS) is 16.2. The van der Waals surface area contributed by atoms with E-state index in [1.807, 2.05) is 13.1 Å². The Bertz CT molecular complexity index is 926. The molecule has 0 radical (unpaired) electrons. The summed E-state index contributed by atoms with van der Waals surface area (Å²) in [5.41, 5.74) is 2.30. The van der Waals surface area contributed by atoms with Gasteiger partial charge in [-0.15, -0.1) is 0 Å². The van der Waals surface area contributed by atoms with Crippen LogP contribution in [0.1, 0.15) is 38.3 Å². The van der Waals surface area contributed by atoms with E-state index in [2.05, 4.69) is 23.8 Å². The fourth-order valence-corrected chi connectivity index (χ4v) is 3.97. The van der Waals surface area contributed by atoms with Crippen molar-refractivity contribution in [2.45, 2.75) is 53.2 Å². The van der Waals surface area contributed by atoms with Gasteiger partial charge in [-0.25, -0.2) is 4.39 Å². The third-order valence-corrected chi connectivity index (χ3v) is 5.71. The summed E-state index contributed by atoms with van der Waals surface area (Å²) in [6, 6.07) is 4.78. The monoisotopic (exact) mass is 429 g/mol. The zero-order valence-electron chi connectivity index (χ0n) is 18.8. The number of amides is 2. The molecule has 0 saturated heterocycles. The number of rotatable bonds is 3. The lowest BCUT2D eigenvalue weighted by Gasteiger charge is -2.30. The van der Waals surface area contributed by atoms with Crippen LogP contribution in [0.15, 0.2) is 30.6 Å². The summed E-state index contributed by atoms with van der Waals surface area (Å²) >= 11 is 0. The van der Waals surface area contributed by atoms with E-state index in [9.17, 15) is 14.0 Å². The van der Waals surface area contributed by atoms with Crippen LogP contribution in [0.5, 0.6) is 0 Å². The number of aromatic nitrogens is 2. The Labute approximate surface area is 183 Å². The third kappa shape index (κ3) is 5.91. The predicted molar refractivity (Wildman–Crippen MR) is 118 cm³/mol. The van der Waals surface area contributed by atoms with Crippen molar-refractivity contribution in [3.05, 3.63) is 47.5 Å². The smallest absolute Gasteiger partial charge is 0.244 e. The molecule has 1 aromatic carbocycles. The lowest BCUT2D eigenvalue weighted by atomic mass is 10.1. The highest BCUT2D eigenvalue weighted by atomic mass is 19.1. The molecule has 0 saturated carbocycles. The Balaban J connectivity index is 1.94. The zero-order chi connectivity index (χ0) is 22.5. The molecule has 0 atom stereocenters.